The van der Waals surface area contributed by atoms with E-state index >= 15 is 0 Å². The van der Waals surface area contributed by atoms with Crippen LogP contribution >= 0.6 is 11.6 Å². The highest BCUT2D eigenvalue weighted by molar-refractivity contribution is 6.30. The molecule has 1 aliphatic heterocycles. The Morgan fingerprint density at radius 1 is 1.12 bits per heavy atom. The number of hydrogen-bond acceptors (Lipinski definition) is 5. The van der Waals surface area contributed by atoms with Crippen molar-refractivity contribution in [2.24, 2.45) is 0 Å². The Bertz CT molecular complexity index is 835. The van der Waals surface area contributed by atoms with Crippen LogP contribution in [-0.2, 0) is 6.54 Å². The number of aromatic nitrogens is 2. The summed E-state index contributed by atoms with van der Waals surface area (Å²) in [6, 6.07) is 14.0. The number of benzene rings is 1. The summed E-state index contributed by atoms with van der Waals surface area (Å²) < 4.78 is 5.97. The summed E-state index contributed by atoms with van der Waals surface area (Å²) in [6.45, 7) is 2.63. The van der Waals surface area contributed by atoms with Crippen LogP contribution in [0.15, 0.2) is 59.3 Å². The molecule has 1 fully saturated rings. The second kappa shape index (κ2) is 7.89. The maximum absolute atomic E-state index is 5.97. The summed E-state index contributed by atoms with van der Waals surface area (Å²) in [5.41, 5.74) is 1.03. The van der Waals surface area contributed by atoms with Gasteiger partial charge in [-0.2, -0.15) is 0 Å². The van der Waals surface area contributed by atoms with Crippen molar-refractivity contribution in [1.29, 1.82) is 0 Å². The van der Waals surface area contributed by atoms with Gasteiger partial charge in [0, 0.05) is 42.1 Å². The van der Waals surface area contributed by atoms with E-state index in [1.165, 1.54) is 0 Å². The van der Waals surface area contributed by atoms with Gasteiger partial charge < -0.3 is 14.6 Å². The van der Waals surface area contributed by atoms with E-state index in [9.17, 15) is 0 Å². The molecule has 0 amide bonds. The molecule has 0 spiro atoms. The van der Waals surface area contributed by atoms with Gasteiger partial charge in [0.25, 0.3) is 0 Å². The Labute approximate surface area is 158 Å². The van der Waals surface area contributed by atoms with Crippen molar-refractivity contribution in [3.8, 4) is 11.3 Å². The van der Waals surface area contributed by atoms with Gasteiger partial charge in [-0.1, -0.05) is 11.6 Å². The summed E-state index contributed by atoms with van der Waals surface area (Å²) in [4.78, 5) is 11.0. The molecule has 2 aromatic heterocycles. The van der Waals surface area contributed by atoms with Crippen LogP contribution in [0.4, 0.5) is 5.95 Å². The van der Waals surface area contributed by atoms with Gasteiger partial charge in [0.1, 0.15) is 11.5 Å². The first-order chi connectivity index (χ1) is 12.8. The quantitative estimate of drug-likeness (QED) is 0.733. The summed E-state index contributed by atoms with van der Waals surface area (Å²) in [7, 11) is 0. The van der Waals surface area contributed by atoms with Gasteiger partial charge in [0.2, 0.25) is 5.95 Å². The van der Waals surface area contributed by atoms with Crippen molar-refractivity contribution in [2.45, 2.75) is 25.4 Å². The number of halogens is 1. The third kappa shape index (κ3) is 4.06. The van der Waals surface area contributed by atoms with E-state index in [0.29, 0.717) is 12.6 Å². The first-order valence-electron chi connectivity index (χ1n) is 8.88. The standard InChI is InChI=1S/C20H21ClN4O/c21-16-6-4-15(5-7-16)19-9-8-18(26-19)13-24-17-3-1-12-25(14-17)20-22-10-2-11-23-20/h2,4-11,17,24H,1,3,12-14H2/t17-/m0/s1. The number of furan rings is 1. The Balaban J connectivity index is 1.35. The summed E-state index contributed by atoms with van der Waals surface area (Å²) in [6.07, 6.45) is 5.86. The van der Waals surface area contributed by atoms with Crippen LogP contribution in [0.2, 0.25) is 5.02 Å². The fourth-order valence-corrected chi connectivity index (χ4v) is 3.39. The van der Waals surface area contributed by atoms with Crippen molar-refractivity contribution in [3.63, 3.8) is 0 Å². The molecule has 3 heterocycles. The molecule has 0 bridgehead atoms. The summed E-state index contributed by atoms with van der Waals surface area (Å²) in [5.74, 6) is 2.60. The Kier molecular flexibility index (Phi) is 5.18. The molecule has 0 unspecified atom stereocenters. The average Bonchev–Trinajstić information content (AvgIpc) is 3.17. The predicted molar refractivity (Wildman–Crippen MR) is 103 cm³/mol. The smallest absolute Gasteiger partial charge is 0.225 e. The van der Waals surface area contributed by atoms with Gasteiger partial charge in [0.05, 0.1) is 6.54 Å². The molecule has 134 valence electrons. The van der Waals surface area contributed by atoms with Gasteiger partial charge in [-0.3, -0.25) is 0 Å². The topological polar surface area (TPSA) is 54.2 Å². The first kappa shape index (κ1) is 17.1. The number of nitrogens with zero attached hydrogens (tertiary/aromatic N) is 3. The van der Waals surface area contributed by atoms with Gasteiger partial charge in [-0.15, -0.1) is 0 Å². The number of anilines is 1. The minimum atomic E-state index is 0.400. The number of hydrogen-bond donors (Lipinski definition) is 1. The lowest BCUT2D eigenvalue weighted by molar-refractivity contribution is 0.395. The molecule has 6 heteroatoms. The van der Waals surface area contributed by atoms with Gasteiger partial charge in [-0.05, 0) is 55.3 Å². The zero-order valence-corrected chi connectivity index (χ0v) is 15.2. The van der Waals surface area contributed by atoms with E-state index < -0.39 is 0 Å². The second-order valence-corrected chi connectivity index (χ2v) is 6.92. The minimum absolute atomic E-state index is 0.400. The van der Waals surface area contributed by atoms with E-state index in [1.54, 1.807) is 12.4 Å². The molecule has 3 aromatic rings. The molecule has 1 N–H and O–H groups in total. The summed E-state index contributed by atoms with van der Waals surface area (Å²) in [5, 5.41) is 4.33. The van der Waals surface area contributed by atoms with Crippen LogP contribution in [0.25, 0.3) is 11.3 Å². The minimum Gasteiger partial charge on any atom is -0.460 e. The fourth-order valence-electron chi connectivity index (χ4n) is 3.27. The van der Waals surface area contributed by atoms with Gasteiger partial charge in [0.15, 0.2) is 0 Å². The van der Waals surface area contributed by atoms with E-state index in [-0.39, 0.29) is 0 Å². The average molecular weight is 369 g/mol. The fraction of sp³-hybridized carbons (Fsp3) is 0.300. The Hall–Kier alpha value is -2.37. The molecule has 1 aromatic carbocycles. The predicted octanol–water partition coefficient (Wildman–Crippen LogP) is 4.15. The van der Waals surface area contributed by atoms with E-state index in [2.05, 4.69) is 20.2 Å². The van der Waals surface area contributed by atoms with E-state index in [1.807, 2.05) is 42.5 Å². The molecular weight excluding hydrogens is 348 g/mol. The molecule has 0 radical (unpaired) electrons. The zero-order chi connectivity index (χ0) is 17.8. The van der Waals surface area contributed by atoms with Crippen LogP contribution in [0.3, 0.4) is 0 Å². The number of piperidine rings is 1. The van der Waals surface area contributed by atoms with Crippen molar-refractivity contribution in [3.05, 3.63) is 65.6 Å². The molecule has 0 aliphatic carbocycles. The van der Waals surface area contributed by atoms with Crippen molar-refractivity contribution in [2.75, 3.05) is 18.0 Å². The molecule has 1 saturated heterocycles. The normalized spacial score (nSPS) is 17.4. The van der Waals surface area contributed by atoms with Crippen LogP contribution < -0.4 is 10.2 Å². The highest BCUT2D eigenvalue weighted by Crippen LogP contribution is 2.24. The maximum atomic E-state index is 5.97. The molecule has 26 heavy (non-hydrogen) atoms. The molecule has 5 nitrogen and oxygen atoms in total. The third-order valence-electron chi connectivity index (χ3n) is 4.61. The highest BCUT2D eigenvalue weighted by Gasteiger charge is 2.21. The summed E-state index contributed by atoms with van der Waals surface area (Å²) >= 11 is 5.94. The molecule has 4 rings (SSSR count). The van der Waals surface area contributed by atoms with E-state index in [0.717, 1.165) is 54.0 Å². The Morgan fingerprint density at radius 2 is 1.92 bits per heavy atom. The maximum Gasteiger partial charge on any atom is 0.225 e. The van der Waals surface area contributed by atoms with Crippen LogP contribution in [0, 0.1) is 0 Å². The van der Waals surface area contributed by atoms with Gasteiger partial charge >= 0.3 is 0 Å². The number of rotatable bonds is 5. The Morgan fingerprint density at radius 3 is 2.73 bits per heavy atom. The monoisotopic (exact) mass is 368 g/mol. The molecule has 1 atom stereocenters. The second-order valence-electron chi connectivity index (χ2n) is 6.49. The number of nitrogens with one attached hydrogen (secondary N) is 1. The van der Waals surface area contributed by atoms with Gasteiger partial charge in [-0.25, -0.2) is 9.97 Å². The largest absolute Gasteiger partial charge is 0.460 e. The lowest BCUT2D eigenvalue weighted by atomic mass is 10.1. The molecule has 0 saturated carbocycles. The van der Waals surface area contributed by atoms with E-state index in [4.69, 9.17) is 16.0 Å². The van der Waals surface area contributed by atoms with Crippen LogP contribution in [-0.4, -0.2) is 29.1 Å². The SMILES string of the molecule is Clc1ccc(-c2ccc(CN[C@H]3CCCN(c4ncccn4)C3)o2)cc1. The third-order valence-corrected chi connectivity index (χ3v) is 4.86. The van der Waals surface area contributed by atoms with Crippen molar-refractivity contribution >= 4 is 17.5 Å². The zero-order valence-electron chi connectivity index (χ0n) is 14.4. The van der Waals surface area contributed by atoms with Crippen LogP contribution in [0.5, 0.6) is 0 Å². The molecular formula is C20H21ClN4O. The first-order valence-corrected chi connectivity index (χ1v) is 9.26. The molecule has 1 aliphatic rings. The lowest BCUT2D eigenvalue weighted by Crippen LogP contribution is -2.46. The van der Waals surface area contributed by atoms with Crippen molar-refractivity contribution < 1.29 is 4.42 Å². The van der Waals surface area contributed by atoms with Crippen LogP contribution in [0.1, 0.15) is 18.6 Å². The van der Waals surface area contributed by atoms with Crippen molar-refractivity contribution in [1.82, 2.24) is 15.3 Å². The lowest BCUT2D eigenvalue weighted by Gasteiger charge is -2.33. The highest BCUT2D eigenvalue weighted by atomic mass is 35.5.